The quantitative estimate of drug-likeness (QED) is 0.507. The molecule has 1 heterocycles. The molecule has 0 bridgehead atoms. The van der Waals surface area contributed by atoms with Gasteiger partial charge < -0.3 is 20.0 Å². The van der Waals surface area contributed by atoms with Gasteiger partial charge in [0.25, 0.3) is 0 Å². The van der Waals surface area contributed by atoms with E-state index >= 15 is 0 Å². The topological polar surface area (TPSA) is 54.3 Å². The molecule has 3 aromatic carbocycles. The van der Waals surface area contributed by atoms with Crippen LogP contribution in [0.15, 0.2) is 60.7 Å². The van der Waals surface area contributed by atoms with Crippen LogP contribution in [0.1, 0.15) is 33.3 Å². The Morgan fingerprint density at radius 2 is 1.61 bits per heavy atom. The molecule has 0 amide bonds. The molecule has 2 N–H and O–H groups in total. The minimum absolute atomic E-state index is 0.371. The van der Waals surface area contributed by atoms with E-state index in [0.29, 0.717) is 0 Å². The lowest BCUT2D eigenvalue weighted by Crippen LogP contribution is -2.41. The predicted octanol–water partition coefficient (Wildman–Crippen LogP) is 4.88. The number of fused-ring (bicyclic) bond motifs is 1. The van der Waals surface area contributed by atoms with Gasteiger partial charge in [-0.1, -0.05) is 48.5 Å². The van der Waals surface area contributed by atoms with E-state index in [2.05, 4.69) is 51.2 Å². The lowest BCUT2D eigenvalue weighted by atomic mass is 9.79. The van der Waals surface area contributed by atoms with Crippen molar-refractivity contribution in [3.05, 3.63) is 66.2 Å². The molecule has 4 rings (SSSR count). The molecule has 0 unspecified atom stereocenters. The SMILES string of the molecule is CC1(C)OB(c2cccc(Nc3c(C=N)ccc4ccccc34)c2)OC1(C)C. The van der Waals surface area contributed by atoms with Crippen LogP contribution in [0.5, 0.6) is 0 Å². The molecule has 3 aromatic rings. The first kappa shape index (κ1) is 18.7. The molecule has 0 saturated carbocycles. The zero-order valence-corrected chi connectivity index (χ0v) is 16.7. The second kappa shape index (κ2) is 6.76. The normalized spacial score (nSPS) is 17.6. The van der Waals surface area contributed by atoms with Gasteiger partial charge >= 0.3 is 7.12 Å². The maximum atomic E-state index is 7.79. The number of benzene rings is 3. The van der Waals surface area contributed by atoms with Crippen LogP contribution in [0.4, 0.5) is 11.4 Å². The van der Waals surface area contributed by atoms with Gasteiger partial charge in [0.15, 0.2) is 0 Å². The van der Waals surface area contributed by atoms with Crippen LogP contribution in [0.3, 0.4) is 0 Å². The van der Waals surface area contributed by atoms with E-state index < -0.39 is 7.12 Å². The van der Waals surface area contributed by atoms with Crippen LogP contribution in [-0.2, 0) is 9.31 Å². The third-order valence-corrected chi connectivity index (χ3v) is 5.80. The third kappa shape index (κ3) is 3.21. The van der Waals surface area contributed by atoms with Crippen LogP contribution < -0.4 is 10.8 Å². The molecule has 1 saturated heterocycles. The Morgan fingerprint density at radius 3 is 2.32 bits per heavy atom. The molecule has 4 nitrogen and oxygen atoms in total. The van der Waals surface area contributed by atoms with Crippen molar-refractivity contribution in [1.82, 2.24) is 0 Å². The van der Waals surface area contributed by atoms with Gasteiger partial charge in [0, 0.05) is 22.9 Å². The fraction of sp³-hybridized carbons (Fsp3) is 0.261. The van der Waals surface area contributed by atoms with Crippen LogP contribution in [0.25, 0.3) is 10.8 Å². The van der Waals surface area contributed by atoms with Gasteiger partial charge in [0.1, 0.15) is 0 Å². The molecule has 0 spiro atoms. The van der Waals surface area contributed by atoms with Crippen molar-refractivity contribution in [3.8, 4) is 0 Å². The zero-order valence-electron chi connectivity index (χ0n) is 16.7. The Kier molecular flexibility index (Phi) is 4.52. The molecule has 1 aliphatic rings. The summed E-state index contributed by atoms with van der Waals surface area (Å²) >= 11 is 0. The zero-order chi connectivity index (χ0) is 19.9. The Balaban J connectivity index is 1.69. The fourth-order valence-electron chi connectivity index (χ4n) is 3.43. The first-order chi connectivity index (χ1) is 13.3. The summed E-state index contributed by atoms with van der Waals surface area (Å²) in [5, 5.41) is 13.5. The maximum absolute atomic E-state index is 7.79. The summed E-state index contributed by atoms with van der Waals surface area (Å²) in [6, 6.07) is 20.3. The second-order valence-electron chi connectivity index (χ2n) is 8.23. The molecule has 0 aromatic heterocycles. The fourth-order valence-corrected chi connectivity index (χ4v) is 3.43. The summed E-state index contributed by atoms with van der Waals surface area (Å²) in [7, 11) is -0.401. The summed E-state index contributed by atoms with van der Waals surface area (Å²) in [6.07, 6.45) is 1.38. The summed E-state index contributed by atoms with van der Waals surface area (Å²) in [5.41, 5.74) is 2.94. The second-order valence-corrected chi connectivity index (χ2v) is 8.23. The Morgan fingerprint density at radius 1 is 0.893 bits per heavy atom. The first-order valence-electron chi connectivity index (χ1n) is 9.56. The lowest BCUT2D eigenvalue weighted by molar-refractivity contribution is 0.00578. The third-order valence-electron chi connectivity index (χ3n) is 5.80. The minimum Gasteiger partial charge on any atom is -0.399 e. The largest absolute Gasteiger partial charge is 0.494 e. The van der Waals surface area contributed by atoms with E-state index in [-0.39, 0.29) is 11.2 Å². The minimum atomic E-state index is -0.401. The Labute approximate surface area is 166 Å². The van der Waals surface area contributed by atoms with Gasteiger partial charge in [0.2, 0.25) is 0 Å². The van der Waals surface area contributed by atoms with E-state index in [1.807, 2.05) is 42.5 Å². The van der Waals surface area contributed by atoms with Gasteiger partial charge in [0.05, 0.1) is 16.9 Å². The highest BCUT2D eigenvalue weighted by Crippen LogP contribution is 2.37. The Hall–Kier alpha value is -2.63. The van der Waals surface area contributed by atoms with E-state index in [1.165, 1.54) is 6.21 Å². The van der Waals surface area contributed by atoms with Crippen molar-refractivity contribution >= 4 is 40.9 Å². The van der Waals surface area contributed by atoms with Gasteiger partial charge in [-0.2, -0.15) is 0 Å². The summed E-state index contributed by atoms with van der Waals surface area (Å²) in [4.78, 5) is 0. The van der Waals surface area contributed by atoms with Crippen LogP contribution >= 0.6 is 0 Å². The average molecular weight is 372 g/mol. The average Bonchev–Trinajstić information content (AvgIpc) is 2.90. The molecule has 28 heavy (non-hydrogen) atoms. The van der Waals surface area contributed by atoms with Crippen molar-refractivity contribution < 1.29 is 9.31 Å². The molecule has 0 aliphatic carbocycles. The molecule has 1 fully saturated rings. The number of hydrogen-bond donors (Lipinski definition) is 2. The number of hydrogen-bond acceptors (Lipinski definition) is 4. The molecule has 1 aliphatic heterocycles. The highest BCUT2D eigenvalue weighted by atomic mass is 16.7. The Bertz CT molecular complexity index is 1030. The van der Waals surface area contributed by atoms with Crippen LogP contribution in [0, 0.1) is 5.41 Å². The van der Waals surface area contributed by atoms with Crippen molar-refractivity contribution in [1.29, 1.82) is 5.41 Å². The van der Waals surface area contributed by atoms with Gasteiger partial charge in [-0.05, 0) is 50.7 Å². The number of rotatable bonds is 4. The molecule has 5 heteroatoms. The lowest BCUT2D eigenvalue weighted by Gasteiger charge is -2.32. The summed E-state index contributed by atoms with van der Waals surface area (Å²) < 4.78 is 12.4. The van der Waals surface area contributed by atoms with E-state index in [1.54, 1.807) is 0 Å². The van der Waals surface area contributed by atoms with Gasteiger partial charge in [-0.15, -0.1) is 0 Å². The number of anilines is 2. The van der Waals surface area contributed by atoms with Gasteiger partial charge in [-0.25, -0.2) is 0 Å². The van der Waals surface area contributed by atoms with Crippen molar-refractivity contribution in [2.75, 3.05) is 5.32 Å². The van der Waals surface area contributed by atoms with Crippen LogP contribution in [0.2, 0.25) is 0 Å². The molecular formula is C23H25BN2O2. The van der Waals surface area contributed by atoms with Crippen LogP contribution in [-0.4, -0.2) is 24.5 Å². The van der Waals surface area contributed by atoms with Crippen molar-refractivity contribution in [2.45, 2.75) is 38.9 Å². The molecular weight excluding hydrogens is 347 g/mol. The smallest absolute Gasteiger partial charge is 0.399 e. The van der Waals surface area contributed by atoms with E-state index in [4.69, 9.17) is 14.7 Å². The highest BCUT2D eigenvalue weighted by molar-refractivity contribution is 6.62. The van der Waals surface area contributed by atoms with E-state index in [0.717, 1.165) is 33.2 Å². The molecule has 0 atom stereocenters. The summed E-state index contributed by atoms with van der Waals surface area (Å²) in [5.74, 6) is 0. The predicted molar refractivity (Wildman–Crippen MR) is 117 cm³/mol. The monoisotopic (exact) mass is 372 g/mol. The summed E-state index contributed by atoms with van der Waals surface area (Å²) in [6.45, 7) is 8.23. The number of nitrogens with one attached hydrogen (secondary N) is 2. The van der Waals surface area contributed by atoms with Gasteiger partial charge in [-0.3, -0.25) is 0 Å². The van der Waals surface area contributed by atoms with E-state index in [9.17, 15) is 0 Å². The van der Waals surface area contributed by atoms with Crippen molar-refractivity contribution in [3.63, 3.8) is 0 Å². The molecule has 142 valence electrons. The standard InChI is InChI=1S/C23H25BN2O2/c1-22(2)23(3,4)28-24(27-22)18-9-7-10-19(14-18)26-21-17(15-25)13-12-16-8-5-6-11-20(16)21/h5-15,25-26H,1-4H3. The first-order valence-corrected chi connectivity index (χ1v) is 9.56. The highest BCUT2D eigenvalue weighted by Gasteiger charge is 2.51. The molecule has 0 radical (unpaired) electrons. The van der Waals surface area contributed by atoms with Crippen molar-refractivity contribution in [2.24, 2.45) is 0 Å². The maximum Gasteiger partial charge on any atom is 0.494 e.